The van der Waals surface area contributed by atoms with Crippen LogP contribution in [-0.2, 0) is 103 Å². The number of aliphatic hydroxyl groups is 1. The van der Waals surface area contributed by atoms with E-state index < -0.39 is 138 Å². The summed E-state index contributed by atoms with van der Waals surface area (Å²) in [5.74, 6) is -9.67. The van der Waals surface area contributed by atoms with E-state index in [1.807, 2.05) is 35.0 Å². The van der Waals surface area contributed by atoms with Crippen LogP contribution >= 0.6 is 0 Å². The van der Waals surface area contributed by atoms with Gasteiger partial charge in [-0.05, 0) is 129 Å². The molecule has 0 aliphatic carbocycles. The van der Waals surface area contributed by atoms with E-state index >= 15 is 28.4 Å². The van der Waals surface area contributed by atoms with Gasteiger partial charge in [0.05, 0.1) is 25.4 Å². The Bertz CT molecular complexity index is 3880. The Labute approximate surface area is 586 Å². The van der Waals surface area contributed by atoms with Crippen molar-refractivity contribution in [1.82, 2.24) is 51.2 Å². The van der Waals surface area contributed by atoms with Gasteiger partial charge in [0, 0.05) is 113 Å². The van der Waals surface area contributed by atoms with Crippen molar-refractivity contribution in [2.45, 2.75) is 185 Å². The summed E-state index contributed by atoms with van der Waals surface area (Å²) in [4.78, 5) is 167. The van der Waals surface area contributed by atoms with Crippen LogP contribution in [0.25, 0.3) is 10.9 Å². The Morgan fingerprint density at radius 2 is 1.44 bits per heavy atom. The summed E-state index contributed by atoms with van der Waals surface area (Å²) < 4.78 is 29.3. The molecule has 0 radical (unpaired) electrons. The number of Topliss-reactive ketones (excluding diaryl/α,β-unsaturated/α-hetero) is 2. The fraction of sp³-hybridized carbons (Fsp3) is 0.507. The zero-order valence-corrected chi connectivity index (χ0v) is 57.9. The number of fused-ring (bicyclic) bond motifs is 16. The second-order valence-electron chi connectivity index (χ2n) is 27.8. The van der Waals surface area contributed by atoms with Crippen LogP contribution in [0, 0.1) is 17.7 Å². The van der Waals surface area contributed by atoms with Crippen molar-refractivity contribution in [2.24, 2.45) is 17.6 Å². The summed E-state index contributed by atoms with van der Waals surface area (Å²) in [7, 11) is 1.50. The third-order valence-corrected chi connectivity index (χ3v) is 20.3. The number of carbonyl (C=O) groups is 11. The van der Waals surface area contributed by atoms with Crippen LogP contribution in [0.5, 0.6) is 5.75 Å². The molecule has 9 amide bonds. The molecule has 6 aliphatic rings. The maximum absolute atomic E-state index is 16.1. The molecular weight excluding hydrogens is 1300 g/mol. The van der Waals surface area contributed by atoms with E-state index in [1.165, 1.54) is 42.9 Å². The lowest BCUT2D eigenvalue weighted by molar-refractivity contribution is -0.148. The van der Waals surface area contributed by atoms with Crippen LogP contribution in [0.3, 0.4) is 0 Å². The van der Waals surface area contributed by atoms with Crippen LogP contribution in [0.1, 0.15) is 125 Å². The molecule has 0 spiro atoms. The first-order valence-corrected chi connectivity index (χ1v) is 35.2. The molecule has 6 aliphatic heterocycles. The molecule has 25 nitrogen and oxygen atoms in total. The largest absolute Gasteiger partial charge is 0.497 e. The number of hydrogen-bond donors (Lipinski definition) is 8. The maximum Gasteiger partial charge on any atom is 0.246 e. The van der Waals surface area contributed by atoms with Crippen LogP contribution in [0.15, 0.2) is 97.2 Å². The van der Waals surface area contributed by atoms with E-state index in [9.17, 15) is 33.9 Å². The highest BCUT2D eigenvalue weighted by Crippen LogP contribution is 2.34. The van der Waals surface area contributed by atoms with Crippen molar-refractivity contribution < 1.29 is 71.7 Å². The molecular formula is C75H94FN11O14. The highest BCUT2D eigenvalue weighted by Gasteiger charge is 2.50. The maximum atomic E-state index is 16.1. The SMILES string of the molecule is COc1ccc(C[C@@H]2NC(=O)[C@H]([C@@H](C)O)NC(=O)[C@@H]3[C@@H]4CCN3C(=O)[C@H]3CC(=O)[C@H](Cc5cccc(c5)CNC(=O)CO4)NC(=O)[C@@H](CN)NC(=O)[C@H](C)CC(=O)CCC(=O)N(CCCCCCn4cc(c5cc(F)ccc54)C3)Cc3ccc(cc3)CCNC(=O)[C@]3(C)CCCN3C2=O)cc1. The molecule has 4 aromatic carbocycles. The minimum atomic E-state index is -1.81. The predicted octanol–water partition coefficient (Wildman–Crippen LogP) is 3.32. The molecule has 9 N–H and O–H groups in total. The van der Waals surface area contributed by atoms with Crippen molar-refractivity contribution in [1.29, 1.82) is 0 Å². The second-order valence-corrected chi connectivity index (χ2v) is 27.8. The number of ketones is 2. The number of rotatable bonds is 5. The third kappa shape index (κ3) is 18.6. The van der Waals surface area contributed by atoms with Crippen molar-refractivity contribution in [3.63, 3.8) is 0 Å². The fourth-order valence-corrected chi connectivity index (χ4v) is 14.5. The van der Waals surface area contributed by atoms with Gasteiger partial charge in [-0.15, -0.1) is 0 Å². The number of carbonyl (C=O) groups excluding carboxylic acids is 11. The van der Waals surface area contributed by atoms with Gasteiger partial charge in [0.15, 0.2) is 5.78 Å². The highest BCUT2D eigenvalue weighted by molar-refractivity contribution is 6.00. The molecule has 101 heavy (non-hydrogen) atoms. The molecule has 11 rings (SSSR count). The van der Waals surface area contributed by atoms with Crippen molar-refractivity contribution >= 4 is 75.6 Å². The summed E-state index contributed by atoms with van der Waals surface area (Å²) in [5.41, 5.74) is 9.32. The van der Waals surface area contributed by atoms with Gasteiger partial charge in [0.1, 0.15) is 53.7 Å². The first-order valence-electron chi connectivity index (χ1n) is 35.2. The molecule has 7 heterocycles. The van der Waals surface area contributed by atoms with Crippen molar-refractivity contribution in [3.8, 4) is 5.75 Å². The lowest BCUT2D eigenvalue weighted by atomic mass is 9.88. The quantitative estimate of drug-likeness (QED) is 0.125. The van der Waals surface area contributed by atoms with Gasteiger partial charge in [0.25, 0.3) is 0 Å². The number of aliphatic hydroxyl groups excluding tert-OH is 1. The molecule has 540 valence electrons. The predicted molar refractivity (Wildman–Crippen MR) is 370 cm³/mol. The van der Waals surface area contributed by atoms with E-state index in [2.05, 4.69) is 31.9 Å². The molecule has 10 atom stereocenters. The molecule has 12 bridgehead atoms. The van der Waals surface area contributed by atoms with Crippen LogP contribution < -0.4 is 42.4 Å². The van der Waals surface area contributed by atoms with Gasteiger partial charge in [-0.1, -0.05) is 80.4 Å². The number of hydrogen-bond acceptors (Lipinski definition) is 15. The van der Waals surface area contributed by atoms with Crippen LogP contribution in [0.4, 0.5) is 4.39 Å². The summed E-state index contributed by atoms with van der Waals surface area (Å²) in [6, 6.07) is 17.9. The van der Waals surface area contributed by atoms with Gasteiger partial charge in [0.2, 0.25) is 53.2 Å². The monoisotopic (exact) mass is 1390 g/mol. The number of aryl methyl sites for hydroxylation is 1. The number of methoxy groups -OCH3 is 1. The average Bonchev–Trinajstić information content (AvgIpc) is 1.68. The minimum absolute atomic E-state index is 0.0284. The molecule has 26 heteroatoms. The molecule has 5 aromatic rings. The number of benzene rings is 4. The van der Waals surface area contributed by atoms with Gasteiger partial charge in [-0.3, -0.25) is 52.7 Å². The van der Waals surface area contributed by atoms with Gasteiger partial charge in [-0.25, -0.2) is 4.39 Å². The number of nitrogens with one attached hydrogen (secondary N) is 6. The Morgan fingerprint density at radius 3 is 2.18 bits per heavy atom. The Hall–Kier alpha value is -9.40. The Balaban J connectivity index is 1.08. The number of ether oxygens (including phenoxy) is 2. The summed E-state index contributed by atoms with van der Waals surface area (Å²) in [6.45, 7) is 4.54. The molecule has 1 aromatic heterocycles. The minimum Gasteiger partial charge on any atom is -0.497 e. The van der Waals surface area contributed by atoms with Crippen molar-refractivity contribution in [3.05, 3.63) is 136 Å². The van der Waals surface area contributed by atoms with Crippen LogP contribution in [0.2, 0.25) is 0 Å². The van der Waals surface area contributed by atoms with E-state index in [1.54, 1.807) is 66.4 Å². The summed E-state index contributed by atoms with van der Waals surface area (Å²) in [6.07, 6.45) is 0.980. The molecule has 2 saturated heterocycles. The number of halogens is 1. The van der Waals surface area contributed by atoms with E-state index in [0.717, 1.165) is 11.1 Å². The van der Waals surface area contributed by atoms with Gasteiger partial charge in [-0.2, -0.15) is 0 Å². The van der Waals surface area contributed by atoms with E-state index in [4.69, 9.17) is 15.2 Å². The lowest BCUT2D eigenvalue weighted by Gasteiger charge is -2.37. The van der Waals surface area contributed by atoms with E-state index in [-0.39, 0.29) is 95.8 Å². The smallest absolute Gasteiger partial charge is 0.246 e. The normalized spacial score (nSPS) is 26.4. The van der Waals surface area contributed by atoms with Gasteiger partial charge >= 0.3 is 0 Å². The Kier molecular flexibility index (Phi) is 24.9. The molecule has 0 unspecified atom stereocenters. The Morgan fingerprint density at radius 1 is 0.703 bits per heavy atom. The first-order chi connectivity index (χ1) is 48.5. The standard InChI is InChI=1S/C75H94FN11O14/c1-45-33-55(89)20-24-65(92)85-30-8-6-5-7-29-84-43-53(57-39-54(76)19-23-61(57)84)37-52-38-62(90)58(80-69(94)60(40-77)82-68(45)93)36-50-11-9-12-51(34-50)41-79-64(91)44-101-63-26-32-86(72(52)97)67(63)71(96)83-66(46(2)88)70(95)81-59(35-48-17-21-56(100-4)22-18-48)73(98)87-31-10-27-75(87,3)74(99)78-28-25-47-13-15-49(42-85)16-14-47/h9,11-19,21-23,34,39,43,45-46,52,58-60,63,66-67,88H,5-8,10,20,24-33,35-38,40-42,44,77H2,1-4H3,(H,78,99)(H,79,91)(H,80,94)(H,81,95)(H,82,93)(H,83,96)/t45-,46-,52-,58+,59+,60-,63+,66+,67+,75+/m1/s1. The highest BCUT2D eigenvalue weighted by atomic mass is 19.1. The summed E-state index contributed by atoms with van der Waals surface area (Å²) >= 11 is 0. The number of aromatic nitrogens is 1. The number of nitrogens with zero attached hydrogens (tertiary/aromatic N) is 4. The fourth-order valence-electron chi connectivity index (χ4n) is 14.5. The zero-order valence-electron chi connectivity index (χ0n) is 57.9. The summed E-state index contributed by atoms with van der Waals surface area (Å²) in [5, 5.41) is 28.8. The van der Waals surface area contributed by atoms with Crippen molar-refractivity contribution in [2.75, 3.05) is 46.4 Å². The number of nitrogens with two attached hydrogens (primary N) is 1. The average molecular weight is 1390 g/mol. The lowest BCUT2D eigenvalue weighted by Crippen LogP contribution is -2.63. The van der Waals surface area contributed by atoms with Crippen LogP contribution in [-0.4, -0.2) is 184 Å². The third-order valence-electron chi connectivity index (χ3n) is 20.3. The zero-order chi connectivity index (χ0) is 72.1. The topological polar surface area (TPSA) is 339 Å². The number of amides is 9. The molecule has 0 saturated carbocycles. The van der Waals surface area contributed by atoms with Gasteiger partial charge < -0.3 is 71.5 Å². The first kappa shape index (κ1) is 74.3. The second kappa shape index (κ2) is 33.8. The molecule has 2 fully saturated rings. The van der Waals surface area contributed by atoms with E-state index in [0.29, 0.717) is 90.5 Å².